The molecule has 5 nitrogen and oxygen atoms in total. The summed E-state index contributed by atoms with van der Waals surface area (Å²) >= 11 is 7.23. The Morgan fingerprint density at radius 1 is 1.36 bits per heavy atom. The second-order valence-corrected chi connectivity index (χ2v) is 5.93. The van der Waals surface area contributed by atoms with Crippen LogP contribution in [0.1, 0.15) is 5.69 Å². The predicted octanol–water partition coefficient (Wildman–Crippen LogP) is 4.17. The Morgan fingerprint density at radius 2 is 2.18 bits per heavy atom. The van der Waals surface area contributed by atoms with E-state index < -0.39 is 5.97 Å². The summed E-state index contributed by atoms with van der Waals surface area (Å²) in [5.41, 5.74) is 1.06. The minimum absolute atomic E-state index is 0. The van der Waals surface area contributed by atoms with Crippen LogP contribution in [0, 0.1) is 0 Å². The number of hydrogen-bond donors (Lipinski definition) is 1. The zero-order valence-electron chi connectivity index (χ0n) is 11.0. The van der Waals surface area contributed by atoms with E-state index in [0.717, 1.165) is 4.88 Å². The third-order valence-electron chi connectivity index (χ3n) is 2.72. The van der Waals surface area contributed by atoms with Gasteiger partial charge < -0.3 is 9.52 Å². The van der Waals surface area contributed by atoms with Crippen molar-refractivity contribution in [2.24, 2.45) is 0 Å². The summed E-state index contributed by atoms with van der Waals surface area (Å²) in [6, 6.07) is 7.08. The summed E-state index contributed by atoms with van der Waals surface area (Å²) in [6.07, 6.45) is 3.03. The zero-order chi connectivity index (χ0) is 14.8. The quantitative estimate of drug-likeness (QED) is 0.759. The highest BCUT2D eigenvalue weighted by Gasteiger charge is 2.19. The van der Waals surface area contributed by atoms with Gasteiger partial charge in [0.05, 0.1) is 21.3 Å². The van der Waals surface area contributed by atoms with Crippen LogP contribution in [0.2, 0.25) is 4.34 Å². The van der Waals surface area contributed by atoms with E-state index in [0.29, 0.717) is 27.2 Å². The molecule has 0 fully saturated rings. The molecule has 0 aliphatic rings. The van der Waals surface area contributed by atoms with Crippen LogP contribution in [0.5, 0.6) is 0 Å². The van der Waals surface area contributed by atoms with Crippen molar-refractivity contribution in [2.75, 3.05) is 0 Å². The number of carboxylic acid groups (broad SMARTS) is 1. The molecule has 3 aromatic heterocycles. The number of rotatable bonds is 4. The van der Waals surface area contributed by atoms with E-state index in [9.17, 15) is 4.79 Å². The third-order valence-corrected chi connectivity index (χ3v) is 3.94. The molecule has 22 heavy (non-hydrogen) atoms. The molecule has 0 saturated heterocycles. The summed E-state index contributed by atoms with van der Waals surface area (Å²) in [5, 5.41) is 9.01. The Balaban J connectivity index is 0.00000176. The minimum atomic E-state index is -0.968. The lowest BCUT2D eigenvalue weighted by Crippen LogP contribution is -2.01. The van der Waals surface area contributed by atoms with Gasteiger partial charge in [-0.25, -0.2) is 4.98 Å². The average Bonchev–Trinajstić information content (AvgIpc) is 3.06. The van der Waals surface area contributed by atoms with Crippen molar-refractivity contribution in [3.05, 3.63) is 46.7 Å². The first-order valence-electron chi connectivity index (χ1n) is 6.01. The van der Waals surface area contributed by atoms with Gasteiger partial charge >= 0.3 is 5.97 Å². The number of halogens is 2. The van der Waals surface area contributed by atoms with Crippen molar-refractivity contribution < 1.29 is 14.3 Å². The van der Waals surface area contributed by atoms with Gasteiger partial charge in [0.1, 0.15) is 0 Å². The van der Waals surface area contributed by atoms with Crippen LogP contribution in [0.4, 0.5) is 0 Å². The topological polar surface area (TPSA) is 76.2 Å². The van der Waals surface area contributed by atoms with Crippen LogP contribution < -0.4 is 0 Å². The molecule has 1 N–H and O–H groups in total. The van der Waals surface area contributed by atoms with E-state index >= 15 is 0 Å². The number of nitrogens with zero attached hydrogens (tertiary/aromatic N) is 2. The predicted molar refractivity (Wildman–Crippen MR) is 86.6 cm³/mol. The number of hydrogen-bond acceptors (Lipinski definition) is 5. The van der Waals surface area contributed by atoms with Gasteiger partial charge in [-0.15, -0.1) is 23.7 Å². The first kappa shape index (κ1) is 16.5. The second kappa shape index (κ2) is 6.91. The molecule has 0 amide bonds. The summed E-state index contributed by atoms with van der Waals surface area (Å²) in [7, 11) is 0. The van der Waals surface area contributed by atoms with E-state index in [1.54, 1.807) is 36.7 Å². The van der Waals surface area contributed by atoms with Gasteiger partial charge in [-0.1, -0.05) is 11.6 Å². The van der Waals surface area contributed by atoms with Crippen LogP contribution in [0.15, 0.2) is 41.1 Å². The standard InChI is InChI=1S/C14H9ClN2O3S.ClH/c15-11-4-3-10(21-11)14-17-9(6-12(18)19)13(20-14)8-2-1-5-16-7-8;/h1-5,7H,6H2,(H,18,19);1H. The number of carboxylic acids is 1. The van der Waals surface area contributed by atoms with Crippen LogP contribution in [0.25, 0.3) is 22.1 Å². The average molecular weight is 357 g/mol. The second-order valence-electron chi connectivity index (χ2n) is 4.21. The van der Waals surface area contributed by atoms with Crippen LogP contribution in [0.3, 0.4) is 0 Å². The van der Waals surface area contributed by atoms with Gasteiger partial charge in [0, 0.05) is 18.0 Å². The number of aliphatic carboxylic acids is 1. The molecule has 0 aromatic carbocycles. The van der Waals surface area contributed by atoms with Crippen molar-refractivity contribution in [3.63, 3.8) is 0 Å². The lowest BCUT2D eigenvalue weighted by molar-refractivity contribution is -0.136. The maximum Gasteiger partial charge on any atom is 0.309 e. The van der Waals surface area contributed by atoms with Gasteiger partial charge in [0.15, 0.2) is 5.76 Å². The molecule has 3 aromatic rings. The first-order chi connectivity index (χ1) is 10.1. The Bertz CT molecular complexity index is 786. The van der Waals surface area contributed by atoms with Gasteiger partial charge in [0.25, 0.3) is 0 Å². The van der Waals surface area contributed by atoms with Gasteiger partial charge in [0.2, 0.25) is 5.89 Å². The van der Waals surface area contributed by atoms with Crippen molar-refractivity contribution >= 4 is 41.3 Å². The fourth-order valence-corrected chi connectivity index (χ4v) is 2.84. The Morgan fingerprint density at radius 3 is 2.77 bits per heavy atom. The molecule has 0 spiro atoms. The molecule has 0 saturated carbocycles. The normalized spacial score (nSPS) is 10.2. The smallest absolute Gasteiger partial charge is 0.309 e. The maximum absolute atomic E-state index is 11.0. The molecule has 3 heterocycles. The summed E-state index contributed by atoms with van der Waals surface area (Å²) in [4.78, 5) is 20.0. The van der Waals surface area contributed by atoms with E-state index in [4.69, 9.17) is 21.1 Å². The number of oxazole rings is 1. The van der Waals surface area contributed by atoms with Crippen LogP contribution in [-0.2, 0) is 11.2 Å². The molecule has 0 radical (unpaired) electrons. The van der Waals surface area contributed by atoms with E-state index in [2.05, 4.69) is 9.97 Å². The van der Waals surface area contributed by atoms with Gasteiger partial charge in [-0.05, 0) is 24.3 Å². The SMILES string of the molecule is Cl.O=C(O)Cc1nc(-c2ccc(Cl)s2)oc1-c1cccnc1. The Labute approximate surface area is 141 Å². The van der Waals surface area contributed by atoms with Crippen LogP contribution >= 0.6 is 35.3 Å². The number of aromatic nitrogens is 2. The molecule has 3 rings (SSSR count). The molecule has 0 bridgehead atoms. The lowest BCUT2D eigenvalue weighted by Gasteiger charge is -1.97. The first-order valence-corrected chi connectivity index (χ1v) is 7.20. The highest BCUT2D eigenvalue weighted by Crippen LogP contribution is 2.34. The largest absolute Gasteiger partial charge is 0.481 e. The molecule has 0 aliphatic heterocycles. The highest BCUT2D eigenvalue weighted by molar-refractivity contribution is 7.19. The van der Waals surface area contributed by atoms with Crippen molar-refractivity contribution in [1.82, 2.24) is 9.97 Å². The molecule has 0 atom stereocenters. The molecule has 0 aliphatic carbocycles. The number of pyridine rings is 1. The fraction of sp³-hybridized carbons (Fsp3) is 0.0714. The summed E-state index contributed by atoms with van der Waals surface area (Å²) in [5.74, 6) is -0.184. The zero-order valence-corrected chi connectivity index (χ0v) is 13.4. The monoisotopic (exact) mass is 356 g/mol. The summed E-state index contributed by atoms with van der Waals surface area (Å²) in [6.45, 7) is 0. The van der Waals surface area contributed by atoms with Gasteiger partial charge in [-0.2, -0.15) is 0 Å². The number of carbonyl (C=O) groups is 1. The number of thiophene rings is 1. The van der Waals surface area contributed by atoms with E-state index in [1.807, 2.05) is 0 Å². The summed E-state index contributed by atoms with van der Waals surface area (Å²) < 4.78 is 6.36. The molecular formula is C14H10Cl2N2O3S. The van der Waals surface area contributed by atoms with Crippen molar-refractivity contribution in [2.45, 2.75) is 6.42 Å². The van der Waals surface area contributed by atoms with E-state index in [1.165, 1.54) is 11.3 Å². The fourth-order valence-electron chi connectivity index (χ4n) is 1.87. The van der Waals surface area contributed by atoms with Gasteiger partial charge in [-0.3, -0.25) is 9.78 Å². The van der Waals surface area contributed by atoms with Crippen molar-refractivity contribution in [1.29, 1.82) is 0 Å². The molecule has 8 heteroatoms. The van der Waals surface area contributed by atoms with Crippen LogP contribution in [-0.4, -0.2) is 21.0 Å². The Kier molecular flexibility index (Phi) is 5.18. The molecular weight excluding hydrogens is 347 g/mol. The van der Waals surface area contributed by atoms with E-state index in [-0.39, 0.29) is 18.8 Å². The maximum atomic E-state index is 11.0. The third kappa shape index (κ3) is 3.47. The molecule has 114 valence electrons. The minimum Gasteiger partial charge on any atom is -0.481 e. The molecule has 0 unspecified atom stereocenters. The highest BCUT2D eigenvalue weighted by atomic mass is 35.5. The Hall–Kier alpha value is -1.89. The van der Waals surface area contributed by atoms with Crippen molar-refractivity contribution in [3.8, 4) is 22.1 Å². The lowest BCUT2D eigenvalue weighted by atomic mass is 10.1.